The monoisotopic (exact) mass is 316 g/mol. The lowest BCUT2D eigenvalue weighted by molar-refractivity contribution is -0.137. The van der Waals surface area contributed by atoms with Crippen molar-refractivity contribution in [2.24, 2.45) is 0 Å². The third-order valence-electron chi connectivity index (χ3n) is 3.64. The molecule has 1 aliphatic rings. The van der Waals surface area contributed by atoms with Gasteiger partial charge in [-0.1, -0.05) is 0 Å². The molecule has 3 amide bonds. The van der Waals surface area contributed by atoms with Crippen molar-refractivity contribution in [2.45, 2.75) is 62.7 Å². The van der Waals surface area contributed by atoms with Crippen molar-refractivity contribution in [2.75, 3.05) is 6.26 Å². The van der Waals surface area contributed by atoms with E-state index in [1.807, 2.05) is 11.8 Å². The molecule has 0 heterocycles. The van der Waals surface area contributed by atoms with Gasteiger partial charge in [0.25, 0.3) is 0 Å². The topological polar surface area (TPSA) is 95.5 Å². The highest BCUT2D eigenvalue weighted by molar-refractivity contribution is 7.99. The molecule has 120 valence electrons. The van der Waals surface area contributed by atoms with Gasteiger partial charge in [0.1, 0.15) is 0 Å². The highest BCUT2D eigenvalue weighted by Crippen LogP contribution is 2.26. The number of carbonyl (C=O) groups is 3. The van der Waals surface area contributed by atoms with Crippen LogP contribution in [0.2, 0.25) is 0 Å². The van der Waals surface area contributed by atoms with Gasteiger partial charge in [-0.3, -0.25) is 14.9 Å². The van der Waals surface area contributed by atoms with E-state index < -0.39 is 12.0 Å². The standard InChI is InChI=1S/C14H24N2O4S/c1-21-11-8-6-10(7-9-11)15-14(20)16-12(17)4-2-3-5-13(18)19/h10-11H,2-9H2,1H3,(H,18,19)(H2,15,16,17,20). The van der Waals surface area contributed by atoms with Gasteiger partial charge in [-0.25, -0.2) is 4.79 Å². The lowest BCUT2D eigenvalue weighted by Gasteiger charge is -2.27. The summed E-state index contributed by atoms with van der Waals surface area (Å²) in [5.74, 6) is -1.22. The predicted molar refractivity (Wildman–Crippen MR) is 82.3 cm³/mol. The Hall–Kier alpha value is -1.24. The number of nitrogens with one attached hydrogen (secondary N) is 2. The molecule has 1 fully saturated rings. The quantitative estimate of drug-likeness (QED) is 0.625. The number of imide groups is 1. The second kappa shape index (κ2) is 9.65. The Bertz CT molecular complexity index is 368. The summed E-state index contributed by atoms with van der Waals surface area (Å²) in [6.07, 6.45) is 7.35. The number of amides is 3. The normalized spacial score (nSPS) is 21.6. The highest BCUT2D eigenvalue weighted by atomic mass is 32.2. The first-order valence-corrected chi connectivity index (χ1v) is 8.65. The van der Waals surface area contributed by atoms with Crippen LogP contribution in [0.1, 0.15) is 51.4 Å². The van der Waals surface area contributed by atoms with Crippen molar-refractivity contribution in [3.05, 3.63) is 0 Å². The molecule has 0 aromatic rings. The van der Waals surface area contributed by atoms with Crippen molar-refractivity contribution < 1.29 is 19.5 Å². The van der Waals surface area contributed by atoms with Gasteiger partial charge in [-0.2, -0.15) is 11.8 Å². The summed E-state index contributed by atoms with van der Waals surface area (Å²) < 4.78 is 0. The summed E-state index contributed by atoms with van der Waals surface area (Å²) in [4.78, 5) is 33.5. The van der Waals surface area contributed by atoms with E-state index in [9.17, 15) is 14.4 Å². The first kappa shape index (κ1) is 17.8. The zero-order valence-corrected chi connectivity index (χ0v) is 13.2. The minimum Gasteiger partial charge on any atom is -0.481 e. The average Bonchev–Trinajstić information content (AvgIpc) is 2.44. The fourth-order valence-electron chi connectivity index (χ4n) is 2.42. The maximum absolute atomic E-state index is 11.7. The number of rotatable bonds is 7. The van der Waals surface area contributed by atoms with Gasteiger partial charge in [0.2, 0.25) is 5.91 Å². The molecule has 0 radical (unpaired) electrons. The largest absolute Gasteiger partial charge is 0.481 e. The van der Waals surface area contributed by atoms with Crippen LogP contribution in [-0.2, 0) is 9.59 Å². The van der Waals surface area contributed by atoms with E-state index in [-0.39, 0.29) is 24.8 Å². The fourth-order valence-corrected chi connectivity index (χ4v) is 3.16. The molecule has 0 aliphatic heterocycles. The van der Waals surface area contributed by atoms with Crippen molar-refractivity contribution in [1.82, 2.24) is 10.6 Å². The molecule has 0 spiro atoms. The summed E-state index contributed by atoms with van der Waals surface area (Å²) in [5, 5.41) is 14.3. The summed E-state index contributed by atoms with van der Waals surface area (Å²) in [6, 6.07) is -0.293. The minimum absolute atomic E-state index is 0.0537. The third-order valence-corrected chi connectivity index (χ3v) is 4.78. The molecule has 7 heteroatoms. The predicted octanol–water partition coefficient (Wildman–Crippen LogP) is 2.13. The number of carboxylic acids is 1. The molecule has 1 rings (SSSR count). The van der Waals surface area contributed by atoms with E-state index in [1.54, 1.807) is 0 Å². The number of unbranched alkanes of at least 4 members (excludes halogenated alkanes) is 1. The van der Waals surface area contributed by atoms with Gasteiger partial charge < -0.3 is 10.4 Å². The van der Waals surface area contributed by atoms with Crippen molar-refractivity contribution in [3.8, 4) is 0 Å². The zero-order chi connectivity index (χ0) is 15.7. The molecule has 21 heavy (non-hydrogen) atoms. The van der Waals surface area contributed by atoms with E-state index in [4.69, 9.17) is 5.11 Å². The molecule has 1 aliphatic carbocycles. The van der Waals surface area contributed by atoms with Gasteiger partial charge in [-0.15, -0.1) is 0 Å². The smallest absolute Gasteiger partial charge is 0.321 e. The Morgan fingerprint density at radius 1 is 1.10 bits per heavy atom. The summed E-state index contributed by atoms with van der Waals surface area (Å²) >= 11 is 1.87. The SMILES string of the molecule is CSC1CCC(NC(=O)NC(=O)CCCCC(=O)O)CC1. The Kier molecular flexibility index (Phi) is 8.19. The number of hydrogen-bond acceptors (Lipinski definition) is 4. The number of hydrogen-bond donors (Lipinski definition) is 3. The molecule has 0 aromatic carbocycles. The van der Waals surface area contributed by atoms with Gasteiger partial charge in [0.05, 0.1) is 0 Å². The van der Waals surface area contributed by atoms with E-state index >= 15 is 0 Å². The molecule has 6 nitrogen and oxygen atoms in total. The van der Waals surface area contributed by atoms with Gasteiger partial charge >= 0.3 is 12.0 Å². The van der Waals surface area contributed by atoms with Crippen LogP contribution in [0.5, 0.6) is 0 Å². The lowest BCUT2D eigenvalue weighted by atomic mass is 9.95. The molecule has 0 aromatic heterocycles. The first-order valence-electron chi connectivity index (χ1n) is 7.36. The minimum atomic E-state index is -0.867. The Morgan fingerprint density at radius 3 is 2.29 bits per heavy atom. The fraction of sp³-hybridized carbons (Fsp3) is 0.786. The Labute approximate surface area is 129 Å². The number of urea groups is 1. The second-order valence-corrected chi connectivity index (χ2v) is 6.47. The van der Waals surface area contributed by atoms with Crippen LogP contribution in [0.4, 0.5) is 4.79 Å². The Balaban J connectivity index is 2.12. The first-order chi connectivity index (χ1) is 10.0. The van der Waals surface area contributed by atoms with Crippen LogP contribution >= 0.6 is 11.8 Å². The molecule has 1 saturated carbocycles. The summed E-state index contributed by atoms with van der Waals surface area (Å²) in [5.41, 5.74) is 0. The number of carbonyl (C=O) groups excluding carboxylic acids is 2. The number of aliphatic carboxylic acids is 1. The Morgan fingerprint density at radius 2 is 1.71 bits per heavy atom. The summed E-state index contributed by atoms with van der Waals surface area (Å²) in [7, 11) is 0. The molecule has 0 unspecified atom stereocenters. The van der Waals surface area contributed by atoms with Crippen LogP contribution in [-0.4, -0.2) is 40.6 Å². The highest BCUT2D eigenvalue weighted by Gasteiger charge is 2.22. The van der Waals surface area contributed by atoms with E-state index in [1.165, 1.54) is 0 Å². The van der Waals surface area contributed by atoms with Crippen LogP contribution in [0, 0.1) is 0 Å². The van der Waals surface area contributed by atoms with E-state index in [0.717, 1.165) is 25.7 Å². The average molecular weight is 316 g/mol. The van der Waals surface area contributed by atoms with E-state index in [2.05, 4.69) is 16.9 Å². The molecular weight excluding hydrogens is 292 g/mol. The molecule has 3 N–H and O–H groups in total. The van der Waals surface area contributed by atoms with Crippen molar-refractivity contribution in [3.63, 3.8) is 0 Å². The zero-order valence-electron chi connectivity index (χ0n) is 12.4. The third kappa shape index (κ3) is 7.94. The van der Waals surface area contributed by atoms with Crippen LogP contribution in [0.3, 0.4) is 0 Å². The molecule has 0 bridgehead atoms. The lowest BCUT2D eigenvalue weighted by Crippen LogP contribution is -2.45. The molecule has 0 saturated heterocycles. The molecular formula is C14H24N2O4S. The maximum atomic E-state index is 11.7. The van der Waals surface area contributed by atoms with Gasteiger partial charge in [0, 0.05) is 24.1 Å². The number of thioether (sulfide) groups is 1. The van der Waals surface area contributed by atoms with Crippen molar-refractivity contribution in [1.29, 1.82) is 0 Å². The van der Waals surface area contributed by atoms with Gasteiger partial charge in [-0.05, 0) is 44.8 Å². The summed E-state index contributed by atoms with van der Waals surface area (Å²) in [6.45, 7) is 0. The van der Waals surface area contributed by atoms with Crippen LogP contribution < -0.4 is 10.6 Å². The van der Waals surface area contributed by atoms with Crippen LogP contribution in [0.25, 0.3) is 0 Å². The van der Waals surface area contributed by atoms with Gasteiger partial charge in [0.15, 0.2) is 0 Å². The second-order valence-electron chi connectivity index (χ2n) is 5.33. The molecule has 0 atom stereocenters. The van der Waals surface area contributed by atoms with E-state index in [0.29, 0.717) is 18.1 Å². The van der Waals surface area contributed by atoms with Crippen LogP contribution in [0.15, 0.2) is 0 Å². The maximum Gasteiger partial charge on any atom is 0.321 e. The number of carboxylic acid groups (broad SMARTS) is 1. The van der Waals surface area contributed by atoms with Crippen molar-refractivity contribution >= 4 is 29.7 Å².